The van der Waals surface area contributed by atoms with Crippen molar-refractivity contribution in [3.05, 3.63) is 11.3 Å². The van der Waals surface area contributed by atoms with Gasteiger partial charge in [-0.15, -0.1) is 0 Å². The SMILES string of the molecule is Cc1noc(NC(=O)[C@H](N)C(C)(C)C)c1C. The first-order valence-electron chi connectivity index (χ1n) is 5.23. The maximum absolute atomic E-state index is 11.8. The highest BCUT2D eigenvalue weighted by Gasteiger charge is 2.28. The molecule has 90 valence electrons. The third-order valence-corrected chi connectivity index (χ3v) is 2.61. The summed E-state index contributed by atoms with van der Waals surface area (Å²) in [5, 5.41) is 6.40. The van der Waals surface area contributed by atoms with E-state index < -0.39 is 6.04 Å². The molecule has 0 aliphatic heterocycles. The van der Waals surface area contributed by atoms with Crippen molar-refractivity contribution in [1.29, 1.82) is 0 Å². The molecule has 1 aromatic rings. The van der Waals surface area contributed by atoms with Crippen LogP contribution in [0.1, 0.15) is 32.0 Å². The summed E-state index contributed by atoms with van der Waals surface area (Å²) >= 11 is 0. The van der Waals surface area contributed by atoms with Gasteiger partial charge >= 0.3 is 0 Å². The Labute approximate surface area is 95.4 Å². The number of rotatable bonds is 2. The molecule has 1 atom stereocenters. The molecule has 5 nitrogen and oxygen atoms in total. The van der Waals surface area contributed by atoms with Crippen molar-refractivity contribution in [2.75, 3.05) is 5.32 Å². The molecule has 0 aromatic carbocycles. The molecular weight excluding hydrogens is 206 g/mol. The molecule has 1 amide bonds. The molecule has 0 unspecified atom stereocenters. The average molecular weight is 225 g/mol. The van der Waals surface area contributed by atoms with E-state index in [-0.39, 0.29) is 11.3 Å². The summed E-state index contributed by atoms with van der Waals surface area (Å²) in [5.41, 5.74) is 7.13. The summed E-state index contributed by atoms with van der Waals surface area (Å²) in [6.45, 7) is 9.39. The largest absolute Gasteiger partial charge is 0.338 e. The van der Waals surface area contributed by atoms with Crippen LogP contribution in [0.3, 0.4) is 0 Å². The van der Waals surface area contributed by atoms with Gasteiger partial charge in [0.2, 0.25) is 11.8 Å². The fraction of sp³-hybridized carbons (Fsp3) is 0.636. The molecule has 1 rings (SSSR count). The number of carbonyl (C=O) groups excluding carboxylic acids is 1. The van der Waals surface area contributed by atoms with Gasteiger partial charge in [0.15, 0.2) is 0 Å². The molecular formula is C11H19N3O2. The molecule has 0 bridgehead atoms. The molecule has 0 radical (unpaired) electrons. The van der Waals surface area contributed by atoms with Crippen molar-refractivity contribution >= 4 is 11.8 Å². The number of nitrogens with one attached hydrogen (secondary N) is 1. The van der Waals surface area contributed by atoms with Crippen LogP contribution in [0.25, 0.3) is 0 Å². The summed E-state index contributed by atoms with van der Waals surface area (Å²) < 4.78 is 4.99. The Morgan fingerprint density at radius 1 is 1.44 bits per heavy atom. The summed E-state index contributed by atoms with van der Waals surface area (Å²) in [4.78, 5) is 11.8. The lowest BCUT2D eigenvalue weighted by atomic mass is 9.87. The Morgan fingerprint density at radius 2 is 2.00 bits per heavy atom. The lowest BCUT2D eigenvalue weighted by molar-refractivity contribution is -0.119. The Morgan fingerprint density at radius 3 is 2.38 bits per heavy atom. The first-order chi connectivity index (χ1) is 7.23. The highest BCUT2D eigenvalue weighted by molar-refractivity contribution is 5.94. The minimum absolute atomic E-state index is 0.258. The van der Waals surface area contributed by atoms with Gasteiger partial charge in [-0.25, -0.2) is 0 Å². The Kier molecular flexibility index (Phi) is 3.38. The average Bonchev–Trinajstić information content (AvgIpc) is 2.47. The van der Waals surface area contributed by atoms with Crippen molar-refractivity contribution in [1.82, 2.24) is 5.16 Å². The normalized spacial score (nSPS) is 13.6. The zero-order valence-electron chi connectivity index (χ0n) is 10.4. The van der Waals surface area contributed by atoms with Crippen molar-refractivity contribution in [3.8, 4) is 0 Å². The quantitative estimate of drug-likeness (QED) is 0.801. The van der Waals surface area contributed by atoms with E-state index in [4.69, 9.17) is 10.3 Å². The van der Waals surface area contributed by atoms with E-state index in [1.807, 2.05) is 34.6 Å². The van der Waals surface area contributed by atoms with Gasteiger partial charge in [-0.3, -0.25) is 10.1 Å². The van der Waals surface area contributed by atoms with Crippen LogP contribution >= 0.6 is 0 Å². The van der Waals surface area contributed by atoms with E-state index in [1.54, 1.807) is 0 Å². The smallest absolute Gasteiger partial charge is 0.244 e. The van der Waals surface area contributed by atoms with E-state index in [0.717, 1.165) is 11.3 Å². The Bertz CT molecular complexity index is 390. The number of anilines is 1. The molecule has 16 heavy (non-hydrogen) atoms. The maximum atomic E-state index is 11.8. The second kappa shape index (κ2) is 4.25. The predicted octanol–water partition coefficient (Wildman–Crippen LogP) is 1.60. The molecule has 5 heteroatoms. The number of nitrogens with two attached hydrogens (primary N) is 1. The molecule has 0 saturated heterocycles. The second-order valence-electron chi connectivity index (χ2n) is 5.06. The van der Waals surface area contributed by atoms with Gasteiger partial charge in [0.25, 0.3) is 0 Å². The Hall–Kier alpha value is -1.36. The molecule has 3 N–H and O–H groups in total. The van der Waals surface area contributed by atoms with E-state index >= 15 is 0 Å². The summed E-state index contributed by atoms with van der Waals surface area (Å²) in [5.74, 6) is 0.119. The third-order valence-electron chi connectivity index (χ3n) is 2.61. The highest BCUT2D eigenvalue weighted by Crippen LogP contribution is 2.21. The third kappa shape index (κ3) is 2.61. The van der Waals surface area contributed by atoms with Crippen LogP contribution in [0.2, 0.25) is 0 Å². The molecule has 1 aromatic heterocycles. The van der Waals surface area contributed by atoms with E-state index in [0.29, 0.717) is 5.88 Å². The summed E-state index contributed by atoms with van der Waals surface area (Å²) in [7, 11) is 0. The van der Waals surface area contributed by atoms with Gasteiger partial charge < -0.3 is 10.3 Å². The van der Waals surface area contributed by atoms with Crippen LogP contribution in [-0.2, 0) is 4.79 Å². The summed E-state index contributed by atoms with van der Waals surface area (Å²) in [6.07, 6.45) is 0. The number of amides is 1. The van der Waals surface area contributed by atoms with Crippen molar-refractivity contribution < 1.29 is 9.32 Å². The number of nitrogens with zero attached hydrogens (tertiary/aromatic N) is 1. The van der Waals surface area contributed by atoms with Crippen molar-refractivity contribution in [2.45, 2.75) is 40.7 Å². The monoisotopic (exact) mass is 225 g/mol. The van der Waals surface area contributed by atoms with Crippen LogP contribution in [0.4, 0.5) is 5.88 Å². The molecule has 1 heterocycles. The zero-order chi connectivity index (χ0) is 12.5. The van der Waals surface area contributed by atoms with Crippen molar-refractivity contribution in [3.63, 3.8) is 0 Å². The first-order valence-corrected chi connectivity index (χ1v) is 5.23. The number of carbonyl (C=O) groups is 1. The number of hydrogen-bond acceptors (Lipinski definition) is 4. The van der Waals surface area contributed by atoms with Crippen molar-refractivity contribution in [2.24, 2.45) is 11.1 Å². The van der Waals surface area contributed by atoms with Gasteiger partial charge in [-0.1, -0.05) is 25.9 Å². The zero-order valence-corrected chi connectivity index (χ0v) is 10.4. The van der Waals surface area contributed by atoms with Crippen LogP contribution in [0.15, 0.2) is 4.52 Å². The lowest BCUT2D eigenvalue weighted by Crippen LogP contribution is -2.45. The van der Waals surface area contributed by atoms with E-state index in [9.17, 15) is 4.79 Å². The molecule has 0 saturated carbocycles. The maximum Gasteiger partial charge on any atom is 0.244 e. The molecule has 0 aliphatic carbocycles. The topological polar surface area (TPSA) is 81.2 Å². The van der Waals surface area contributed by atoms with Crippen LogP contribution < -0.4 is 11.1 Å². The van der Waals surface area contributed by atoms with Gasteiger partial charge in [0.05, 0.1) is 11.7 Å². The Balaban J connectivity index is 2.76. The van der Waals surface area contributed by atoms with Gasteiger partial charge in [-0.05, 0) is 19.3 Å². The number of hydrogen-bond donors (Lipinski definition) is 2. The molecule has 0 fully saturated rings. The lowest BCUT2D eigenvalue weighted by Gasteiger charge is -2.25. The number of aromatic nitrogens is 1. The fourth-order valence-corrected chi connectivity index (χ4v) is 1.11. The van der Waals surface area contributed by atoms with Gasteiger partial charge in [0, 0.05) is 5.56 Å². The van der Waals surface area contributed by atoms with Crippen LogP contribution in [-0.4, -0.2) is 17.1 Å². The van der Waals surface area contributed by atoms with Crippen LogP contribution in [0, 0.1) is 19.3 Å². The first kappa shape index (κ1) is 12.7. The molecule has 0 spiro atoms. The summed E-state index contributed by atoms with van der Waals surface area (Å²) in [6, 6.07) is -0.586. The van der Waals surface area contributed by atoms with E-state index in [2.05, 4.69) is 10.5 Å². The minimum atomic E-state index is -0.586. The van der Waals surface area contributed by atoms with Gasteiger partial charge in [-0.2, -0.15) is 0 Å². The second-order valence-corrected chi connectivity index (χ2v) is 5.06. The number of aryl methyl sites for hydroxylation is 1. The van der Waals surface area contributed by atoms with Gasteiger partial charge in [0.1, 0.15) is 0 Å². The molecule has 0 aliphatic rings. The fourth-order valence-electron chi connectivity index (χ4n) is 1.11. The standard InChI is InChI=1S/C11H19N3O2/c1-6-7(2)14-16-10(6)13-9(15)8(12)11(3,4)5/h8H,12H2,1-5H3,(H,13,15)/t8-/m0/s1. The highest BCUT2D eigenvalue weighted by atomic mass is 16.5. The predicted molar refractivity (Wildman–Crippen MR) is 62.0 cm³/mol. The minimum Gasteiger partial charge on any atom is -0.338 e. The van der Waals surface area contributed by atoms with Crippen LogP contribution in [0.5, 0.6) is 0 Å². The van der Waals surface area contributed by atoms with E-state index in [1.165, 1.54) is 0 Å².